The van der Waals surface area contributed by atoms with Crippen LogP contribution in [0.3, 0.4) is 0 Å². The van der Waals surface area contributed by atoms with E-state index in [0.717, 1.165) is 0 Å². The van der Waals surface area contributed by atoms with Crippen LogP contribution < -0.4 is 10.5 Å². The number of benzene rings is 1. The van der Waals surface area contributed by atoms with E-state index in [-0.39, 0.29) is 6.54 Å². The molecule has 0 aliphatic rings. The predicted octanol–water partition coefficient (Wildman–Crippen LogP) is 2.32. The topological polar surface area (TPSA) is 35.2 Å². The van der Waals surface area contributed by atoms with Crippen molar-refractivity contribution in [3.05, 3.63) is 28.8 Å². The summed E-state index contributed by atoms with van der Waals surface area (Å²) in [5, 5.41) is 0.518. The molecular formula is C9H11ClFNO. The summed E-state index contributed by atoms with van der Waals surface area (Å²) in [5.41, 5.74) is 5.64. The van der Waals surface area contributed by atoms with Crippen LogP contribution in [-0.2, 0) is 0 Å². The first-order valence-corrected chi connectivity index (χ1v) is 4.24. The molecule has 1 rings (SSSR count). The van der Waals surface area contributed by atoms with Gasteiger partial charge in [-0.1, -0.05) is 17.7 Å². The van der Waals surface area contributed by atoms with Gasteiger partial charge in [0.15, 0.2) is 0 Å². The molecule has 1 aromatic rings. The Morgan fingerprint density at radius 2 is 2.31 bits per heavy atom. The summed E-state index contributed by atoms with van der Waals surface area (Å²) in [6.45, 7) is -0.0575. The molecule has 1 aromatic carbocycles. The molecule has 0 fully saturated rings. The fraction of sp³-hybridized carbons (Fsp3) is 0.333. The number of methoxy groups -OCH3 is 1. The van der Waals surface area contributed by atoms with Gasteiger partial charge in [-0.2, -0.15) is 0 Å². The van der Waals surface area contributed by atoms with E-state index in [0.29, 0.717) is 16.3 Å². The second kappa shape index (κ2) is 4.44. The average Bonchev–Trinajstić information content (AvgIpc) is 2.16. The number of halogens is 2. The molecule has 72 valence electrons. The quantitative estimate of drug-likeness (QED) is 0.819. The number of nitrogens with two attached hydrogens (primary N) is 1. The lowest BCUT2D eigenvalue weighted by atomic mass is 10.1. The standard InChI is InChI=1S/C9H11ClFNO/c1-13-9-4-6(10)2-3-7(9)8(11)5-12/h2-4,8H,5,12H2,1H3. The van der Waals surface area contributed by atoms with Gasteiger partial charge in [0, 0.05) is 17.1 Å². The highest BCUT2D eigenvalue weighted by atomic mass is 35.5. The third-order valence-electron chi connectivity index (χ3n) is 1.74. The predicted molar refractivity (Wildman–Crippen MR) is 50.9 cm³/mol. The molecule has 4 heteroatoms. The first-order valence-electron chi connectivity index (χ1n) is 3.86. The molecule has 0 aliphatic heterocycles. The minimum absolute atomic E-state index is 0.0575. The van der Waals surface area contributed by atoms with E-state index < -0.39 is 6.17 Å². The highest BCUT2D eigenvalue weighted by Crippen LogP contribution is 2.29. The van der Waals surface area contributed by atoms with E-state index in [2.05, 4.69) is 0 Å². The largest absolute Gasteiger partial charge is 0.496 e. The Morgan fingerprint density at radius 1 is 1.62 bits per heavy atom. The fourth-order valence-corrected chi connectivity index (χ4v) is 1.23. The lowest BCUT2D eigenvalue weighted by molar-refractivity contribution is 0.331. The normalized spacial score (nSPS) is 12.6. The minimum Gasteiger partial charge on any atom is -0.496 e. The van der Waals surface area contributed by atoms with Gasteiger partial charge in [-0.15, -0.1) is 0 Å². The van der Waals surface area contributed by atoms with Crippen LogP contribution in [0.4, 0.5) is 4.39 Å². The van der Waals surface area contributed by atoms with Crippen molar-refractivity contribution in [1.82, 2.24) is 0 Å². The molecule has 0 spiro atoms. The number of rotatable bonds is 3. The van der Waals surface area contributed by atoms with Gasteiger partial charge in [0.05, 0.1) is 7.11 Å². The van der Waals surface area contributed by atoms with Crippen LogP contribution in [0.5, 0.6) is 5.75 Å². The number of hydrogen-bond acceptors (Lipinski definition) is 2. The van der Waals surface area contributed by atoms with Crippen LogP contribution in [-0.4, -0.2) is 13.7 Å². The lowest BCUT2D eigenvalue weighted by Gasteiger charge is -2.11. The molecule has 1 atom stereocenters. The zero-order valence-corrected chi connectivity index (χ0v) is 8.01. The Morgan fingerprint density at radius 3 is 2.85 bits per heavy atom. The molecule has 0 saturated heterocycles. The average molecular weight is 204 g/mol. The summed E-state index contributed by atoms with van der Waals surface area (Å²) in [4.78, 5) is 0. The lowest BCUT2D eigenvalue weighted by Crippen LogP contribution is -2.08. The van der Waals surface area contributed by atoms with Crippen molar-refractivity contribution in [2.75, 3.05) is 13.7 Å². The molecule has 2 nitrogen and oxygen atoms in total. The second-order valence-electron chi connectivity index (χ2n) is 2.59. The Hall–Kier alpha value is -0.800. The van der Waals surface area contributed by atoms with E-state index in [1.165, 1.54) is 7.11 Å². The maximum Gasteiger partial charge on any atom is 0.141 e. The SMILES string of the molecule is COc1cc(Cl)ccc1C(F)CN. The molecule has 1 unspecified atom stereocenters. The smallest absolute Gasteiger partial charge is 0.141 e. The van der Waals surface area contributed by atoms with E-state index in [4.69, 9.17) is 22.1 Å². The van der Waals surface area contributed by atoms with Crippen LogP contribution in [0.1, 0.15) is 11.7 Å². The van der Waals surface area contributed by atoms with Crippen molar-refractivity contribution in [3.63, 3.8) is 0 Å². The van der Waals surface area contributed by atoms with E-state index in [1.54, 1.807) is 18.2 Å². The maximum atomic E-state index is 13.2. The van der Waals surface area contributed by atoms with Gasteiger partial charge in [-0.25, -0.2) is 4.39 Å². The van der Waals surface area contributed by atoms with Gasteiger partial charge in [-0.05, 0) is 12.1 Å². The highest BCUT2D eigenvalue weighted by Gasteiger charge is 2.13. The van der Waals surface area contributed by atoms with Crippen LogP contribution in [0.2, 0.25) is 5.02 Å². The van der Waals surface area contributed by atoms with Crippen LogP contribution in [0.15, 0.2) is 18.2 Å². The van der Waals surface area contributed by atoms with Crippen LogP contribution in [0, 0.1) is 0 Å². The minimum atomic E-state index is -1.20. The van der Waals surface area contributed by atoms with Crippen molar-refractivity contribution in [3.8, 4) is 5.75 Å². The Kier molecular flexibility index (Phi) is 3.51. The molecule has 2 N–H and O–H groups in total. The van der Waals surface area contributed by atoms with Crippen LogP contribution in [0.25, 0.3) is 0 Å². The Balaban J connectivity index is 3.05. The fourth-order valence-electron chi connectivity index (χ4n) is 1.07. The van der Waals surface area contributed by atoms with Gasteiger partial charge in [0.2, 0.25) is 0 Å². The van der Waals surface area contributed by atoms with Crippen molar-refractivity contribution >= 4 is 11.6 Å². The van der Waals surface area contributed by atoms with E-state index >= 15 is 0 Å². The third-order valence-corrected chi connectivity index (χ3v) is 1.98. The molecule has 0 radical (unpaired) electrons. The van der Waals surface area contributed by atoms with Gasteiger partial charge in [0.25, 0.3) is 0 Å². The van der Waals surface area contributed by atoms with Crippen molar-refractivity contribution in [1.29, 1.82) is 0 Å². The van der Waals surface area contributed by atoms with Gasteiger partial charge in [-0.3, -0.25) is 0 Å². The highest BCUT2D eigenvalue weighted by molar-refractivity contribution is 6.30. The van der Waals surface area contributed by atoms with Gasteiger partial charge >= 0.3 is 0 Å². The second-order valence-corrected chi connectivity index (χ2v) is 3.03. The van der Waals surface area contributed by atoms with E-state index in [1.807, 2.05) is 0 Å². The monoisotopic (exact) mass is 203 g/mol. The third kappa shape index (κ3) is 2.32. The zero-order valence-electron chi connectivity index (χ0n) is 7.26. The maximum absolute atomic E-state index is 13.2. The molecule has 0 amide bonds. The van der Waals surface area contributed by atoms with Crippen LogP contribution >= 0.6 is 11.6 Å². The summed E-state index contributed by atoms with van der Waals surface area (Å²) in [7, 11) is 1.47. The van der Waals surface area contributed by atoms with Gasteiger partial charge in [0.1, 0.15) is 11.9 Å². The van der Waals surface area contributed by atoms with Crippen molar-refractivity contribution in [2.45, 2.75) is 6.17 Å². The Bertz CT molecular complexity index is 293. The zero-order chi connectivity index (χ0) is 9.84. The summed E-state index contributed by atoms with van der Waals surface area (Å²) in [6, 6.07) is 4.76. The molecule has 13 heavy (non-hydrogen) atoms. The number of hydrogen-bond donors (Lipinski definition) is 1. The Labute approximate surface area is 81.4 Å². The summed E-state index contributed by atoms with van der Waals surface area (Å²) in [6.07, 6.45) is -1.20. The first-order chi connectivity index (χ1) is 6.19. The molecule has 0 aliphatic carbocycles. The van der Waals surface area contributed by atoms with Crippen molar-refractivity contribution in [2.24, 2.45) is 5.73 Å². The molecule has 0 aromatic heterocycles. The molecule has 0 saturated carbocycles. The number of alkyl halides is 1. The molecular weight excluding hydrogens is 193 g/mol. The molecule has 0 bridgehead atoms. The molecule has 0 heterocycles. The van der Waals surface area contributed by atoms with Crippen molar-refractivity contribution < 1.29 is 9.13 Å². The summed E-state index contributed by atoms with van der Waals surface area (Å²) >= 11 is 5.71. The van der Waals surface area contributed by atoms with E-state index in [9.17, 15) is 4.39 Å². The first kappa shape index (κ1) is 10.3. The summed E-state index contributed by atoms with van der Waals surface area (Å²) in [5.74, 6) is 0.436. The van der Waals surface area contributed by atoms with Gasteiger partial charge < -0.3 is 10.5 Å². The summed E-state index contributed by atoms with van der Waals surface area (Å²) < 4.78 is 18.2. The number of ether oxygens (including phenoxy) is 1.